The van der Waals surface area contributed by atoms with Crippen molar-refractivity contribution in [3.8, 4) is 22.6 Å². The maximum absolute atomic E-state index is 12.9. The molecule has 0 fully saturated rings. The third-order valence-corrected chi connectivity index (χ3v) is 5.00. The predicted octanol–water partition coefficient (Wildman–Crippen LogP) is 5.94. The zero-order valence-electron chi connectivity index (χ0n) is 19.5. The lowest BCUT2D eigenvalue weighted by Gasteiger charge is -2.20. The van der Waals surface area contributed by atoms with E-state index in [4.69, 9.17) is 14.2 Å². The number of methoxy groups -OCH3 is 1. The molecule has 2 aromatic carbocycles. The summed E-state index contributed by atoms with van der Waals surface area (Å²) >= 11 is 0. The third-order valence-electron chi connectivity index (χ3n) is 5.00. The molecule has 1 amide bonds. The topological polar surface area (TPSA) is 70.0 Å². The monoisotopic (exact) mass is 438 g/mol. The van der Waals surface area contributed by atoms with Crippen molar-refractivity contribution in [2.75, 3.05) is 20.2 Å². The van der Waals surface area contributed by atoms with Crippen molar-refractivity contribution in [3.05, 3.63) is 48.7 Å². The summed E-state index contributed by atoms with van der Waals surface area (Å²) in [7, 11) is 1.53. The molecule has 3 rings (SSSR count). The molecule has 0 bridgehead atoms. The van der Waals surface area contributed by atoms with Crippen molar-refractivity contribution in [1.82, 2.24) is 9.47 Å². The van der Waals surface area contributed by atoms with Gasteiger partial charge in [-0.25, -0.2) is 9.59 Å². The first kappa shape index (κ1) is 23.2. The van der Waals surface area contributed by atoms with E-state index in [1.165, 1.54) is 11.7 Å². The van der Waals surface area contributed by atoms with Gasteiger partial charge in [0.05, 0.1) is 12.6 Å². The summed E-state index contributed by atoms with van der Waals surface area (Å²) in [6.45, 7) is 10.3. The fraction of sp³-hybridized carbons (Fsp3) is 0.360. The van der Waals surface area contributed by atoms with E-state index in [0.717, 1.165) is 10.9 Å². The van der Waals surface area contributed by atoms with Crippen molar-refractivity contribution >= 4 is 23.1 Å². The second-order valence-corrected chi connectivity index (χ2v) is 8.29. The molecule has 1 aromatic heterocycles. The Morgan fingerprint density at radius 3 is 2.28 bits per heavy atom. The van der Waals surface area contributed by atoms with E-state index < -0.39 is 17.8 Å². The molecular weight excluding hydrogens is 408 g/mol. The number of amides is 1. The summed E-state index contributed by atoms with van der Waals surface area (Å²) in [4.78, 5) is 27.2. The molecule has 0 saturated heterocycles. The molecule has 0 atom stereocenters. The lowest BCUT2D eigenvalue weighted by Crippen LogP contribution is -2.33. The number of rotatable bonds is 5. The lowest BCUT2D eigenvalue weighted by molar-refractivity contribution is 0.0544. The Hall–Kier alpha value is -3.48. The first-order valence-corrected chi connectivity index (χ1v) is 10.7. The first-order chi connectivity index (χ1) is 15.2. The van der Waals surface area contributed by atoms with Crippen LogP contribution in [-0.2, 0) is 4.74 Å². The number of hydrogen-bond donors (Lipinski definition) is 0. The molecule has 7 nitrogen and oxygen atoms in total. The average Bonchev–Trinajstić information content (AvgIpc) is 3.13. The van der Waals surface area contributed by atoms with Gasteiger partial charge in [-0.05, 0) is 46.8 Å². The molecule has 0 saturated carbocycles. The summed E-state index contributed by atoms with van der Waals surface area (Å²) < 4.78 is 18.4. The van der Waals surface area contributed by atoms with Crippen LogP contribution in [0.5, 0.6) is 11.5 Å². The van der Waals surface area contributed by atoms with E-state index in [2.05, 4.69) is 0 Å². The van der Waals surface area contributed by atoms with Gasteiger partial charge in [-0.15, -0.1) is 0 Å². The Labute approximate surface area is 188 Å². The molecule has 3 aromatic rings. The minimum atomic E-state index is -0.636. The second kappa shape index (κ2) is 9.34. The highest BCUT2D eigenvalue weighted by Crippen LogP contribution is 2.42. The molecule has 32 heavy (non-hydrogen) atoms. The van der Waals surface area contributed by atoms with Gasteiger partial charge in [0.2, 0.25) is 0 Å². The van der Waals surface area contributed by atoms with Crippen molar-refractivity contribution in [2.24, 2.45) is 0 Å². The van der Waals surface area contributed by atoms with E-state index in [9.17, 15) is 9.59 Å². The van der Waals surface area contributed by atoms with E-state index in [-0.39, 0.29) is 0 Å². The van der Waals surface area contributed by atoms with Gasteiger partial charge in [-0.2, -0.15) is 0 Å². The predicted molar refractivity (Wildman–Crippen MR) is 125 cm³/mol. The van der Waals surface area contributed by atoms with Crippen molar-refractivity contribution in [1.29, 1.82) is 0 Å². The highest BCUT2D eigenvalue weighted by molar-refractivity contribution is 6.02. The molecule has 0 N–H and O–H groups in total. The lowest BCUT2D eigenvalue weighted by atomic mass is 10.0. The molecule has 170 valence electrons. The zero-order chi connectivity index (χ0) is 23.5. The van der Waals surface area contributed by atoms with E-state index in [0.29, 0.717) is 35.7 Å². The maximum Gasteiger partial charge on any atom is 0.419 e. The molecule has 0 aliphatic heterocycles. The van der Waals surface area contributed by atoms with Crippen molar-refractivity contribution in [3.63, 3.8) is 0 Å². The standard InChI is InChI=1S/C25H30N2O5/c1-7-26(8-2)23(28)31-22-18(13-11-15-21(22)30-6)19-16-27(24(29)32-25(3,4)5)20-14-10-9-12-17(19)20/h9-16H,7-8H2,1-6H3. The molecule has 0 aliphatic rings. The SMILES string of the molecule is CCN(CC)C(=O)Oc1c(OC)cccc1-c1cn(C(=O)OC(C)(C)C)c2ccccc12. The fourth-order valence-electron chi connectivity index (χ4n) is 3.48. The summed E-state index contributed by atoms with van der Waals surface area (Å²) in [5, 5.41) is 0.826. The largest absolute Gasteiger partial charge is 0.493 e. The van der Waals surface area contributed by atoms with Crippen molar-refractivity contribution < 1.29 is 23.8 Å². The number of hydrogen-bond acceptors (Lipinski definition) is 5. The van der Waals surface area contributed by atoms with Crippen LogP contribution in [0, 0.1) is 0 Å². The number of carbonyl (C=O) groups is 2. The Morgan fingerprint density at radius 2 is 1.66 bits per heavy atom. The summed E-state index contributed by atoms with van der Waals surface area (Å²) in [5.41, 5.74) is 1.43. The molecule has 0 aliphatic carbocycles. The normalized spacial score (nSPS) is 11.3. The minimum absolute atomic E-state index is 0.305. The Balaban J connectivity index is 2.17. The van der Waals surface area contributed by atoms with Crippen LogP contribution in [0.1, 0.15) is 34.6 Å². The maximum atomic E-state index is 12.9. The van der Waals surface area contributed by atoms with Gasteiger partial charge in [0, 0.05) is 35.8 Å². The van der Waals surface area contributed by atoms with Gasteiger partial charge in [-0.3, -0.25) is 4.57 Å². The molecule has 0 spiro atoms. The number of aromatic nitrogens is 1. The highest BCUT2D eigenvalue weighted by Gasteiger charge is 2.24. The number of benzene rings is 2. The van der Waals surface area contributed by atoms with Gasteiger partial charge in [0.25, 0.3) is 0 Å². The summed E-state index contributed by atoms with van der Waals surface area (Å²) in [6, 6.07) is 12.9. The van der Waals surface area contributed by atoms with Crippen LogP contribution in [0.4, 0.5) is 9.59 Å². The number of carbonyl (C=O) groups excluding carboxylic acids is 2. The number of ether oxygens (including phenoxy) is 3. The quantitative estimate of drug-likeness (QED) is 0.493. The van der Waals surface area contributed by atoms with E-state index >= 15 is 0 Å². The number of nitrogens with zero attached hydrogens (tertiary/aromatic N) is 2. The van der Waals surface area contributed by atoms with Crippen LogP contribution in [0.15, 0.2) is 48.7 Å². The van der Waals surface area contributed by atoms with Crippen LogP contribution in [0.25, 0.3) is 22.0 Å². The third kappa shape index (κ3) is 4.72. The van der Waals surface area contributed by atoms with Crippen LogP contribution >= 0.6 is 0 Å². The van der Waals surface area contributed by atoms with E-state index in [1.54, 1.807) is 17.2 Å². The van der Waals surface area contributed by atoms with Crippen LogP contribution in [0.3, 0.4) is 0 Å². The fourth-order valence-corrected chi connectivity index (χ4v) is 3.48. The molecule has 0 radical (unpaired) electrons. The highest BCUT2D eigenvalue weighted by atomic mass is 16.6. The molecule has 0 unspecified atom stereocenters. The first-order valence-electron chi connectivity index (χ1n) is 10.7. The van der Waals surface area contributed by atoms with Crippen LogP contribution in [0.2, 0.25) is 0 Å². The molecular formula is C25H30N2O5. The molecule has 1 heterocycles. The number of para-hydroxylation sites is 2. The molecule has 7 heteroatoms. The van der Waals surface area contributed by atoms with E-state index in [1.807, 2.05) is 71.0 Å². The Morgan fingerprint density at radius 1 is 0.969 bits per heavy atom. The van der Waals surface area contributed by atoms with Gasteiger partial charge >= 0.3 is 12.2 Å². The smallest absolute Gasteiger partial charge is 0.419 e. The van der Waals surface area contributed by atoms with Gasteiger partial charge in [0.15, 0.2) is 11.5 Å². The average molecular weight is 439 g/mol. The van der Waals surface area contributed by atoms with Gasteiger partial charge in [-0.1, -0.05) is 30.3 Å². The summed E-state index contributed by atoms with van der Waals surface area (Å²) in [6.07, 6.45) is 0.767. The minimum Gasteiger partial charge on any atom is -0.493 e. The van der Waals surface area contributed by atoms with Gasteiger partial charge in [0.1, 0.15) is 5.60 Å². The van der Waals surface area contributed by atoms with Gasteiger partial charge < -0.3 is 19.1 Å². The Kier molecular flexibility index (Phi) is 6.77. The Bertz CT molecular complexity index is 1120. The van der Waals surface area contributed by atoms with Crippen molar-refractivity contribution in [2.45, 2.75) is 40.2 Å². The zero-order valence-corrected chi connectivity index (χ0v) is 19.5. The summed E-state index contributed by atoms with van der Waals surface area (Å²) in [5.74, 6) is 0.732. The second-order valence-electron chi connectivity index (χ2n) is 8.29. The van der Waals surface area contributed by atoms with Crippen LogP contribution in [-0.4, -0.2) is 47.5 Å². The van der Waals surface area contributed by atoms with Crippen LogP contribution < -0.4 is 9.47 Å². The number of fused-ring (bicyclic) bond motifs is 1.